The van der Waals surface area contributed by atoms with E-state index in [-0.39, 0.29) is 0 Å². The Kier molecular flexibility index (Phi) is 6.39. The van der Waals surface area contributed by atoms with Crippen molar-refractivity contribution >= 4 is 34.1 Å². The highest BCUT2D eigenvalue weighted by Crippen LogP contribution is 2.32. The lowest BCUT2D eigenvalue weighted by atomic mass is 10.1. The molecule has 5 nitrogen and oxygen atoms in total. The van der Waals surface area contributed by atoms with Crippen LogP contribution >= 0.6 is 11.3 Å². The van der Waals surface area contributed by atoms with E-state index in [1.165, 1.54) is 17.4 Å². The lowest BCUT2D eigenvalue weighted by Crippen LogP contribution is -2.12. The quantitative estimate of drug-likeness (QED) is 0.244. The Hall–Kier alpha value is -4.24. The lowest BCUT2D eigenvalue weighted by Gasteiger charge is -2.09. The molecular formula is C27H19F3N4OS. The maximum atomic E-state index is 13.4. The first-order valence-corrected chi connectivity index (χ1v) is 11.7. The van der Waals surface area contributed by atoms with E-state index in [1.54, 1.807) is 59.9 Å². The fraction of sp³-hybridized carbons (Fsp3) is 0.0741. The van der Waals surface area contributed by atoms with Crippen LogP contribution in [0.5, 0.6) is 5.75 Å². The number of pyridine rings is 1. The number of thiazole rings is 1. The minimum absolute atomic E-state index is 0.386. The van der Waals surface area contributed by atoms with Gasteiger partial charge in [0.2, 0.25) is 4.80 Å². The van der Waals surface area contributed by atoms with Gasteiger partial charge in [-0.3, -0.25) is 4.98 Å². The zero-order valence-corrected chi connectivity index (χ0v) is 19.8. The number of methoxy groups -OCH3 is 1. The molecule has 2 aromatic heterocycles. The Morgan fingerprint density at radius 2 is 1.81 bits per heavy atom. The molecule has 0 saturated heterocycles. The predicted molar refractivity (Wildman–Crippen MR) is 136 cm³/mol. The monoisotopic (exact) mass is 504 g/mol. The third kappa shape index (κ3) is 5.06. The molecule has 0 atom stereocenters. The molecule has 0 aliphatic heterocycles. The molecule has 0 amide bonds. The number of hydrogen-bond acceptors (Lipinski definition) is 5. The van der Waals surface area contributed by atoms with E-state index in [9.17, 15) is 13.2 Å². The van der Waals surface area contributed by atoms with Crippen molar-refractivity contribution in [3.05, 3.63) is 106 Å². The minimum Gasteiger partial charge on any atom is -0.497 e. The van der Waals surface area contributed by atoms with Gasteiger partial charge in [-0.25, -0.2) is 9.67 Å². The van der Waals surface area contributed by atoms with E-state index < -0.39 is 11.7 Å². The Morgan fingerprint density at radius 3 is 2.58 bits per heavy atom. The summed E-state index contributed by atoms with van der Waals surface area (Å²) in [5.74, 6) is 0.696. The Balaban J connectivity index is 1.62. The maximum Gasteiger partial charge on any atom is 0.416 e. The van der Waals surface area contributed by atoms with Gasteiger partial charge in [0.1, 0.15) is 5.75 Å². The molecule has 180 valence electrons. The first-order chi connectivity index (χ1) is 17.4. The predicted octanol–water partition coefficient (Wildman–Crippen LogP) is 6.91. The van der Waals surface area contributed by atoms with Crippen molar-refractivity contribution in [2.75, 3.05) is 7.11 Å². The van der Waals surface area contributed by atoms with E-state index >= 15 is 0 Å². The molecule has 9 heteroatoms. The average molecular weight is 505 g/mol. The van der Waals surface area contributed by atoms with Gasteiger partial charge in [0.15, 0.2) is 0 Å². The molecule has 0 saturated carbocycles. The second-order valence-electron chi connectivity index (χ2n) is 7.80. The molecule has 36 heavy (non-hydrogen) atoms. The van der Waals surface area contributed by atoms with E-state index in [4.69, 9.17) is 4.74 Å². The summed E-state index contributed by atoms with van der Waals surface area (Å²) in [6, 6.07) is 21.9. The smallest absolute Gasteiger partial charge is 0.416 e. The number of rotatable bonds is 5. The van der Waals surface area contributed by atoms with E-state index in [0.717, 1.165) is 28.6 Å². The minimum atomic E-state index is -4.45. The zero-order valence-electron chi connectivity index (χ0n) is 19.0. The second kappa shape index (κ2) is 9.79. The molecule has 0 aliphatic rings. The Labute approximate surface area is 208 Å². The van der Waals surface area contributed by atoms with Gasteiger partial charge >= 0.3 is 6.18 Å². The zero-order chi connectivity index (χ0) is 25.1. The number of benzene rings is 3. The summed E-state index contributed by atoms with van der Waals surface area (Å²) < 4.78 is 46.9. The summed E-state index contributed by atoms with van der Waals surface area (Å²) in [7, 11) is 1.58. The highest BCUT2D eigenvalue weighted by molar-refractivity contribution is 7.07. The summed E-state index contributed by atoms with van der Waals surface area (Å²) in [5.41, 5.74) is 2.50. The Morgan fingerprint density at radius 1 is 0.972 bits per heavy atom. The average Bonchev–Trinajstić information content (AvgIpc) is 3.29. The fourth-order valence-electron chi connectivity index (χ4n) is 3.61. The summed E-state index contributed by atoms with van der Waals surface area (Å²) in [6.07, 6.45) is -1.07. The molecule has 0 unspecified atom stereocenters. The van der Waals surface area contributed by atoms with Crippen LogP contribution in [0.4, 0.5) is 18.9 Å². The van der Waals surface area contributed by atoms with Crippen LogP contribution in [-0.2, 0) is 6.18 Å². The van der Waals surface area contributed by atoms with E-state index in [2.05, 4.69) is 15.1 Å². The number of alkyl halides is 3. The highest BCUT2D eigenvalue weighted by Gasteiger charge is 2.30. The molecule has 2 heterocycles. The molecule has 0 fully saturated rings. The number of ether oxygens (including phenoxy) is 1. The summed E-state index contributed by atoms with van der Waals surface area (Å²) in [6.45, 7) is 0. The fourth-order valence-corrected chi connectivity index (χ4v) is 4.46. The van der Waals surface area contributed by atoms with Gasteiger partial charge in [0.25, 0.3) is 0 Å². The van der Waals surface area contributed by atoms with Gasteiger partial charge < -0.3 is 4.74 Å². The third-order valence-electron chi connectivity index (χ3n) is 5.42. The summed E-state index contributed by atoms with van der Waals surface area (Å²) >= 11 is 1.29. The molecule has 0 radical (unpaired) electrons. The van der Waals surface area contributed by atoms with Crippen LogP contribution in [0.1, 0.15) is 11.1 Å². The van der Waals surface area contributed by atoms with Crippen molar-refractivity contribution in [1.82, 2.24) is 9.66 Å². The number of fused-ring (bicyclic) bond motifs is 1. The molecule has 0 aliphatic carbocycles. The van der Waals surface area contributed by atoms with Gasteiger partial charge in [-0.05, 0) is 60.2 Å². The van der Waals surface area contributed by atoms with Crippen LogP contribution in [0.2, 0.25) is 0 Å². The number of halogens is 3. The standard InChI is InChI=1S/C27H19F3N4OS/c1-35-23-10-8-22(9-11-23)33-26-34(32-16-18-7-12-24-19(14-18)5-3-13-31-24)25(17-36-26)20-4-2-6-21(15-20)27(28,29)30/h2-17H,1H3/b32-16+,33-26?. The van der Waals surface area contributed by atoms with Crippen molar-refractivity contribution in [2.45, 2.75) is 6.18 Å². The van der Waals surface area contributed by atoms with E-state index in [0.29, 0.717) is 27.5 Å². The van der Waals surface area contributed by atoms with Crippen molar-refractivity contribution in [2.24, 2.45) is 10.1 Å². The molecule has 0 N–H and O–H groups in total. The normalized spacial score (nSPS) is 12.5. The Bertz CT molecular complexity index is 1620. The molecular weight excluding hydrogens is 485 g/mol. The van der Waals surface area contributed by atoms with Crippen LogP contribution in [-0.4, -0.2) is 23.0 Å². The topological polar surface area (TPSA) is 51.8 Å². The molecule has 0 bridgehead atoms. The van der Waals surface area contributed by atoms with Crippen molar-refractivity contribution in [1.29, 1.82) is 0 Å². The largest absolute Gasteiger partial charge is 0.497 e. The highest BCUT2D eigenvalue weighted by atomic mass is 32.1. The maximum absolute atomic E-state index is 13.4. The molecule has 5 rings (SSSR count). The van der Waals surface area contributed by atoms with E-state index in [1.807, 2.05) is 30.3 Å². The summed E-state index contributed by atoms with van der Waals surface area (Å²) in [5, 5.41) is 7.33. The van der Waals surface area contributed by atoms with Crippen molar-refractivity contribution in [3.63, 3.8) is 0 Å². The van der Waals surface area contributed by atoms with Crippen molar-refractivity contribution < 1.29 is 17.9 Å². The van der Waals surface area contributed by atoms with Crippen LogP contribution in [0.25, 0.3) is 22.2 Å². The van der Waals surface area contributed by atoms with Gasteiger partial charge in [-0.15, -0.1) is 11.3 Å². The van der Waals surface area contributed by atoms with Crippen molar-refractivity contribution in [3.8, 4) is 17.0 Å². The van der Waals surface area contributed by atoms with Gasteiger partial charge in [0.05, 0.1) is 35.8 Å². The number of hydrogen-bond donors (Lipinski definition) is 0. The lowest BCUT2D eigenvalue weighted by molar-refractivity contribution is -0.137. The van der Waals surface area contributed by atoms with Crippen LogP contribution < -0.4 is 9.54 Å². The first-order valence-electron chi connectivity index (χ1n) is 10.9. The van der Waals surface area contributed by atoms with Crippen LogP contribution in [0, 0.1) is 0 Å². The third-order valence-corrected chi connectivity index (χ3v) is 6.23. The molecule has 3 aromatic carbocycles. The van der Waals surface area contributed by atoms with Gasteiger partial charge in [-0.1, -0.05) is 24.3 Å². The second-order valence-corrected chi connectivity index (χ2v) is 8.64. The SMILES string of the molecule is COc1ccc(N=c2scc(-c3cccc(C(F)(F)F)c3)n2/N=C/c2ccc3ncccc3c2)cc1. The molecule has 5 aromatic rings. The number of nitrogens with zero attached hydrogens (tertiary/aromatic N) is 4. The van der Waals surface area contributed by atoms with Gasteiger partial charge in [-0.2, -0.15) is 18.3 Å². The van der Waals surface area contributed by atoms with Crippen LogP contribution in [0.15, 0.2) is 101 Å². The molecule has 0 spiro atoms. The van der Waals surface area contributed by atoms with Gasteiger partial charge in [0, 0.05) is 22.5 Å². The van der Waals surface area contributed by atoms with Crippen LogP contribution in [0.3, 0.4) is 0 Å². The first kappa shape index (κ1) is 23.5. The summed E-state index contributed by atoms with van der Waals surface area (Å²) in [4.78, 5) is 9.51. The number of aromatic nitrogens is 2.